The second-order valence-corrected chi connectivity index (χ2v) is 4.04. The first-order valence-corrected chi connectivity index (χ1v) is 6.23. The van der Waals surface area contributed by atoms with Gasteiger partial charge in [-0.3, -0.25) is 4.79 Å². The van der Waals surface area contributed by atoms with Crippen LogP contribution in [0.5, 0.6) is 0 Å². The van der Waals surface area contributed by atoms with Gasteiger partial charge in [0.25, 0.3) is 0 Å². The Labute approximate surface area is 99.1 Å². The predicted octanol–water partition coefficient (Wildman–Crippen LogP) is 1.31. The molecule has 0 fully saturated rings. The van der Waals surface area contributed by atoms with Crippen molar-refractivity contribution in [2.24, 2.45) is 0 Å². The molecule has 0 saturated heterocycles. The van der Waals surface area contributed by atoms with Crippen molar-refractivity contribution in [3.8, 4) is 0 Å². The Balaban J connectivity index is 3.55. The number of hydrogen-bond donors (Lipinski definition) is 2. The molecular formula is C12H26N2O2. The molecule has 0 rings (SSSR count). The lowest BCUT2D eigenvalue weighted by Gasteiger charge is -2.17. The zero-order valence-electron chi connectivity index (χ0n) is 11.0. The van der Waals surface area contributed by atoms with Crippen LogP contribution in [0.1, 0.15) is 40.5 Å². The highest BCUT2D eigenvalue weighted by Gasteiger charge is 2.12. The maximum absolute atomic E-state index is 11.6. The minimum absolute atomic E-state index is 0.0748. The molecule has 2 unspecified atom stereocenters. The number of amides is 1. The van der Waals surface area contributed by atoms with Crippen molar-refractivity contribution in [1.29, 1.82) is 0 Å². The molecule has 2 N–H and O–H groups in total. The van der Waals surface area contributed by atoms with Gasteiger partial charge in [0.05, 0.1) is 6.04 Å². The summed E-state index contributed by atoms with van der Waals surface area (Å²) in [5, 5.41) is 6.13. The Morgan fingerprint density at radius 2 is 2.00 bits per heavy atom. The van der Waals surface area contributed by atoms with Crippen molar-refractivity contribution in [2.75, 3.05) is 19.8 Å². The minimum Gasteiger partial charge on any atom is -0.382 e. The smallest absolute Gasteiger partial charge is 0.237 e. The summed E-state index contributed by atoms with van der Waals surface area (Å²) in [7, 11) is 0. The van der Waals surface area contributed by atoms with Crippen molar-refractivity contribution >= 4 is 5.91 Å². The summed E-state index contributed by atoms with van der Waals surface area (Å²) < 4.78 is 5.22. The molecule has 16 heavy (non-hydrogen) atoms. The van der Waals surface area contributed by atoms with Crippen LogP contribution in [0.15, 0.2) is 0 Å². The van der Waals surface area contributed by atoms with E-state index >= 15 is 0 Å². The van der Waals surface area contributed by atoms with Crippen LogP contribution in [0.25, 0.3) is 0 Å². The summed E-state index contributed by atoms with van der Waals surface area (Å²) in [4.78, 5) is 11.6. The van der Waals surface area contributed by atoms with E-state index in [9.17, 15) is 4.79 Å². The molecule has 4 heteroatoms. The molecule has 0 heterocycles. The quantitative estimate of drug-likeness (QED) is 0.587. The number of rotatable bonds is 9. The van der Waals surface area contributed by atoms with E-state index in [2.05, 4.69) is 17.6 Å². The topological polar surface area (TPSA) is 50.4 Å². The highest BCUT2D eigenvalue weighted by Crippen LogP contribution is 1.91. The third kappa shape index (κ3) is 7.65. The Morgan fingerprint density at radius 1 is 1.31 bits per heavy atom. The van der Waals surface area contributed by atoms with Gasteiger partial charge in [0.1, 0.15) is 0 Å². The number of carbonyl (C=O) groups excluding carboxylic acids is 1. The van der Waals surface area contributed by atoms with E-state index in [1.165, 1.54) is 0 Å². The Bertz CT molecular complexity index is 186. The van der Waals surface area contributed by atoms with Crippen LogP contribution >= 0.6 is 0 Å². The molecule has 0 saturated carbocycles. The first-order chi connectivity index (χ1) is 7.61. The van der Waals surface area contributed by atoms with E-state index in [-0.39, 0.29) is 18.0 Å². The molecule has 1 amide bonds. The first-order valence-electron chi connectivity index (χ1n) is 6.23. The van der Waals surface area contributed by atoms with Crippen molar-refractivity contribution in [1.82, 2.24) is 10.6 Å². The van der Waals surface area contributed by atoms with Gasteiger partial charge in [0, 0.05) is 19.3 Å². The van der Waals surface area contributed by atoms with Gasteiger partial charge in [0.2, 0.25) is 5.91 Å². The lowest BCUT2D eigenvalue weighted by Crippen LogP contribution is -2.45. The third-order valence-electron chi connectivity index (χ3n) is 2.51. The van der Waals surface area contributed by atoms with E-state index in [1.807, 2.05) is 20.8 Å². The molecule has 0 aromatic carbocycles. The number of ether oxygens (including phenoxy) is 1. The van der Waals surface area contributed by atoms with Gasteiger partial charge < -0.3 is 15.4 Å². The van der Waals surface area contributed by atoms with E-state index in [4.69, 9.17) is 4.74 Å². The fourth-order valence-corrected chi connectivity index (χ4v) is 1.20. The zero-order chi connectivity index (χ0) is 12.4. The summed E-state index contributed by atoms with van der Waals surface area (Å²) in [6, 6.07) is 0.121. The number of carbonyl (C=O) groups is 1. The van der Waals surface area contributed by atoms with E-state index in [1.54, 1.807) is 0 Å². The Kier molecular flexibility index (Phi) is 9.24. The summed E-state index contributed by atoms with van der Waals surface area (Å²) in [6.07, 6.45) is 1.90. The highest BCUT2D eigenvalue weighted by molar-refractivity contribution is 5.81. The van der Waals surface area contributed by atoms with Gasteiger partial charge in [-0.15, -0.1) is 0 Å². The molecule has 4 nitrogen and oxygen atoms in total. The van der Waals surface area contributed by atoms with Crippen molar-refractivity contribution in [3.05, 3.63) is 0 Å². The number of hydrogen-bond acceptors (Lipinski definition) is 3. The van der Waals surface area contributed by atoms with Gasteiger partial charge >= 0.3 is 0 Å². The van der Waals surface area contributed by atoms with E-state index in [0.29, 0.717) is 0 Å². The standard InChI is InChI=1S/C12H26N2O2/c1-5-10(3)14-12(15)11(4)13-8-7-9-16-6-2/h10-11,13H,5-9H2,1-4H3,(H,14,15). The van der Waals surface area contributed by atoms with Crippen LogP contribution in [0.4, 0.5) is 0 Å². The molecule has 0 aromatic heterocycles. The molecule has 96 valence electrons. The average molecular weight is 230 g/mol. The molecule has 0 aliphatic rings. The van der Waals surface area contributed by atoms with Crippen LogP contribution in [0.3, 0.4) is 0 Å². The van der Waals surface area contributed by atoms with Crippen LogP contribution in [-0.4, -0.2) is 37.7 Å². The van der Waals surface area contributed by atoms with Gasteiger partial charge in [-0.25, -0.2) is 0 Å². The summed E-state index contributed by atoms with van der Waals surface area (Å²) >= 11 is 0. The van der Waals surface area contributed by atoms with Crippen molar-refractivity contribution in [3.63, 3.8) is 0 Å². The van der Waals surface area contributed by atoms with Gasteiger partial charge in [0.15, 0.2) is 0 Å². The molecule has 0 radical (unpaired) electrons. The average Bonchev–Trinajstić information content (AvgIpc) is 2.28. The van der Waals surface area contributed by atoms with Crippen LogP contribution in [0, 0.1) is 0 Å². The zero-order valence-corrected chi connectivity index (χ0v) is 11.0. The van der Waals surface area contributed by atoms with Gasteiger partial charge in [-0.1, -0.05) is 6.92 Å². The van der Waals surface area contributed by atoms with Crippen molar-refractivity contribution in [2.45, 2.75) is 52.6 Å². The highest BCUT2D eigenvalue weighted by atomic mass is 16.5. The van der Waals surface area contributed by atoms with Crippen LogP contribution < -0.4 is 10.6 Å². The summed E-state index contributed by atoms with van der Waals surface area (Å²) in [5.41, 5.74) is 0. The number of nitrogens with one attached hydrogen (secondary N) is 2. The van der Waals surface area contributed by atoms with Gasteiger partial charge in [-0.2, -0.15) is 0 Å². The third-order valence-corrected chi connectivity index (χ3v) is 2.51. The fraction of sp³-hybridized carbons (Fsp3) is 0.917. The maximum atomic E-state index is 11.6. The lowest BCUT2D eigenvalue weighted by atomic mass is 10.2. The molecule has 0 aliphatic carbocycles. The maximum Gasteiger partial charge on any atom is 0.237 e. The van der Waals surface area contributed by atoms with Crippen molar-refractivity contribution < 1.29 is 9.53 Å². The second-order valence-electron chi connectivity index (χ2n) is 4.04. The van der Waals surface area contributed by atoms with Crippen LogP contribution in [-0.2, 0) is 9.53 Å². The Hall–Kier alpha value is -0.610. The largest absolute Gasteiger partial charge is 0.382 e. The first kappa shape index (κ1) is 15.4. The molecule has 0 aromatic rings. The van der Waals surface area contributed by atoms with Gasteiger partial charge in [-0.05, 0) is 40.2 Å². The molecule has 0 bridgehead atoms. The second kappa shape index (κ2) is 9.60. The molecule has 2 atom stereocenters. The SMILES string of the molecule is CCOCCCNC(C)C(=O)NC(C)CC. The normalized spacial score (nSPS) is 14.5. The van der Waals surface area contributed by atoms with E-state index in [0.717, 1.165) is 32.6 Å². The monoisotopic (exact) mass is 230 g/mol. The summed E-state index contributed by atoms with van der Waals surface area (Å²) in [6.45, 7) is 10.3. The fourth-order valence-electron chi connectivity index (χ4n) is 1.20. The predicted molar refractivity (Wildman–Crippen MR) is 66.5 cm³/mol. The van der Waals surface area contributed by atoms with Crippen LogP contribution in [0.2, 0.25) is 0 Å². The lowest BCUT2D eigenvalue weighted by molar-refractivity contribution is -0.123. The molecule has 0 spiro atoms. The Morgan fingerprint density at radius 3 is 2.56 bits per heavy atom. The molecule has 0 aliphatic heterocycles. The summed E-state index contributed by atoms with van der Waals surface area (Å²) in [5.74, 6) is 0.0748. The van der Waals surface area contributed by atoms with E-state index < -0.39 is 0 Å². The minimum atomic E-state index is -0.129. The molecular weight excluding hydrogens is 204 g/mol.